The van der Waals surface area contributed by atoms with Gasteiger partial charge in [0.25, 0.3) is 0 Å². The van der Waals surface area contributed by atoms with Crippen molar-refractivity contribution in [3.8, 4) is 11.4 Å². The predicted octanol–water partition coefficient (Wildman–Crippen LogP) is 2.19. The lowest BCUT2D eigenvalue weighted by atomic mass is 9.87. The zero-order chi connectivity index (χ0) is 34.0. The van der Waals surface area contributed by atoms with Crippen LogP contribution in [0.3, 0.4) is 0 Å². The van der Waals surface area contributed by atoms with Crippen LogP contribution in [-0.2, 0) is 22.7 Å². The van der Waals surface area contributed by atoms with Gasteiger partial charge < -0.3 is 53.8 Å². The van der Waals surface area contributed by atoms with Crippen LogP contribution in [0.2, 0.25) is 0 Å². The molecule has 14 heteroatoms. The third kappa shape index (κ3) is 5.41. The molecule has 14 nitrogen and oxygen atoms in total. The molecule has 0 fully saturated rings. The molecule has 1 aliphatic rings. The molecule has 254 valence electrons. The Hall–Kier alpha value is -4.41. The molecule has 6 heterocycles. The molecule has 1 aromatic carbocycles. The van der Waals surface area contributed by atoms with Crippen molar-refractivity contribution in [1.82, 2.24) is 19.1 Å². The van der Waals surface area contributed by atoms with Crippen molar-refractivity contribution in [3.05, 3.63) is 82.9 Å². The normalized spacial score (nSPS) is 19.3. The first-order valence-corrected chi connectivity index (χ1v) is 15.6. The molecular formula is C34H38N4O10. The summed E-state index contributed by atoms with van der Waals surface area (Å²) in [5.74, 6) is 0.970. The van der Waals surface area contributed by atoms with Crippen molar-refractivity contribution in [3.63, 3.8) is 0 Å². The highest BCUT2D eigenvalue weighted by Gasteiger charge is 2.47. The summed E-state index contributed by atoms with van der Waals surface area (Å²) in [5, 5.41) is 54.7. The molecule has 1 aliphatic heterocycles. The van der Waals surface area contributed by atoms with Gasteiger partial charge in [0.2, 0.25) is 0 Å². The highest BCUT2D eigenvalue weighted by Crippen LogP contribution is 2.43. The van der Waals surface area contributed by atoms with Crippen LogP contribution < -0.4 is 10.2 Å². The van der Waals surface area contributed by atoms with E-state index in [0.717, 1.165) is 16.4 Å². The van der Waals surface area contributed by atoms with Crippen LogP contribution in [0, 0.1) is 6.92 Å². The fourth-order valence-electron chi connectivity index (χ4n) is 6.50. The molecule has 6 aromatic rings. The van der Waals surface area contributed by atoms with E-state index >= 15 is 0 Å². The van der Waals surface area contributed by atoms with Gasteiger partial charge in [0.15, 0.2) is 16.8 Å². The Morgan fingerprint density at radius 1 is 1.10 bits per heavy atom. The third-order valence-electron chi connectivity index (χ3n) is 9.27. The van der Waals surface area contributed by atoms with Crippen LogP contribution in [0.1, 0.15) is 25.2 Å². The van der Waals surface area contributed by atoms with Gasteiger partial charge in [-0.3, -0.25) is 4.79 Å². The first kappa shape index (κ1) is 32.2. The van der Waals surface area contributed by atoms with Crippen LogP contribution in [0.25, 0.3) is 38.6 Å². The van der Waals surface area contributed by atoms with E-state index in [4.69, 9.17) is 18.9 Å². The van der Waals surface area contributed by atoms with Crippen LogP contribution in [0.15, 0.2) is 70.5 Å². The Morgan fingerprint density at radius 2 is 1.88 bits per heavy atom. The predicted molar refractivity (Wildman–Crippen MR) is 174 cm³/mol. The monoisotopic (exact) mass is 662 g/mol. The largest absolute Gasteiger partial charge is 0.482 e. The Kier molecular flexibility index (Phi) is 7.99. The number of aryl methyl sites for hydroxylation is 1. The van der Waals surface area contributed by atoms with E-state index < -0.39 is 48.8 Å². The summed E-state index contributed by atoms with van der Waals surface area (Å²) < 4.78 is 16.2. The van der Waals surface area contributed by atoms with Gasteiger partial charge in [-0.25, -0.2) is 9.78 Å². The maximum atomic E-state index is 13.2. The third-order valence-corrected chi connectivity index (χ3v) is 9.27. The van der Waals surface area contributed by atoms with E-state index in [2.05, 4.69) is 9.97 Å². The number of aliphatic hydroxyl groups excluding tert-OH is 4. The lowest BCUT2D eigenvalue weighted by Crippen LogP contribution is -2.61. The number of aromatic amines is 2. The average molecular weight is 663 g/mol. The van der Waals surface area contributed by atoms with E-state index in [-0.39, 0.29) is 18.4 Å². The number of ether oxygens (including phenoxy) is 1. The number of hydrogen-bond donors (Lipinski definition) is 7. The van der Waals surface area contributed by atoms with E-state index in [1.807, 2.05) is 43.1 Å². The van der Waals surface area contributed by atoms with Gasteiger partial charge in [-0.05, 0) is 45.0 Å². The molecule has 5 atom stereocenters. The smallest absolute Gasteiger partial charge is 0.193 e. The number of fused-ring (bicyclic) bond motifs is 4. The summed E-state index contributed by atoms with van der Waals surface area (Å²) in [6.07, 6.45) is 3.06. The number of benzene rings is 1. The van der Waals surface area contributed by atoms with Gasteiger partial charge in [-0.2, -0.15) is 0 Å². The summed E-state index contributed by atoms with van der Waals surface area (Å²) in [5.41, 5.74) is 0.406. The maximum Gasteiger partial charge on any atom is 0.193 e. The molecule has 0 radical (unpaired) electrons. The van der Waals surface area contributed by atoms with E-state index in [1.165, 1.54) is 6.07 Å². The summed E-state index contributed by atoms with van der Waals surface area (Å²) in [4.78, 5) is 30.7. The fourth-order valence-corrected chi connectivity index (χ4v) is 6.50. The van der Waals surface area contributed by atoms with Crippen LogP contribution in [-0.4, -0.2) is 93.5 Å². The summed E-state index contributed by atoms with van der Waals surface area (Å²) in [7, 11) is 0. The molecule has 5 unspecified atom stereocenters. The number of hydrogen-bond acceptors (Lipinski definition) is 10. The first-order valence-electron chi connectivity index (χ1n) is 15.6. The molecule has 0 aliphatic carbocycles. The van der Waals surface area contributed by atoms with Crippen LogP contribution in [0.4, 0.5) is 0 Å². The second kappa shape index (κ2) is 11.9. The Morgan fingerprint density at radius 3 is 2.65 bits per heavy atom. The molecule has 0 amide bonds. The molecule has 7 rings (SSSR count). The number of rotatable bonds is 11. The molecule has 0 saturated heterocycles. The van der Waals surface area contributed by atoms with Crippen molar-refractivity contribution >= 4 is 32.9 Å². The Labute approximate surface area is 273 Å². The Balaban J connectivity index is 1.16. The van der Waals surface area contributed by atoms with Gasteiger partial charge in [0.1, 0.15) is 53.7 Å². The summed E-state index contributed by atoms with van der Waals surface area (Å²) >= 11 is 0. The fraction of sp³-hybridized carbons (Fsp3) is 0.382. The molecule has 0 spiro atoms. The second-order valence-corrected chi connectivity index (χ2v) is 13.0. The van der Waals surface area contributed by atoms with Crippen LogP contribution in [0.5, 0.6) is 5.75 Å². The zero-order valence-corrected chi connectivity index (χ0v) is 26.6. The number of aliphatic hydroxyl groups is 5. The van der Waals surface area contributed by atoms with E-state index in [1.54, 1.807) is 42.1 Å². The van der Waals surface area contributed by atoms with Crippen LogP contribution >= 0.6 is 0 Å². The zero-order valence-electron chi connectivity index (χ0n) is 26.6. The SMILES string of the molecule is Cc1cc(=O)c2cc3c(c(-n4cc5cc[nH]c5c4)c2o1)OC(C)(C)C(OOCC(O)C(O)(Cn1ccc2[nH]ccc21)C(O)C(O)CO)C3. The number of H-pyrrole nitrogens is 2. The topological polar surface area (TPSA) is 200 Å². The highest BCUT2D eigenvalue weighted by atomic mass is 17.2. The van der Waals surface area contributed by atoms with Gasteiger partial charge in [0.05, 0.1) is 35.1 Å². The molecule has 0 saturated carbocycles. The quantitative estimate of drug-likeness (QED) is 0.0797. The lowest BCUT2D eigenvalue weighted by Gasteiger charge is -2.41. The second-order valence-electron chi connectivity index (χ2n) is 13.0. The molecule has 0 bridgehead atoms. The molecular weight excluding hydrogens is 624 g/mol. The lowest BCUT2D eigenvalue weighted by molar-refractivity contribution is -0.363. The van der Waals surface area contributed by atoms with Crippen molar-refractivity contribution < 1.29 is 44.5 Å². The minimum atomic E-state index is -2.36. The minimum Gasteiger partial charge on any atom is -0.482 e. The van der Waals surface area contributed by atoms with E-state index in [0.29, 0.717) is 39.2 Å². The van der Waals surface area contributed by atoms with Gasteiger partial charge in [-0.15, -0.1) is 0 Å². The van der Waals surface area contributed by atoms with Gasteiger partial charge >= 0.3 is 0 Å². The molecule has 7 N–H and O–H groups in total. The summed E-state index contributed by atoms with van der Waals surface area (Å²) in [6, 6.07) is 8.62. The van der Waals surface area contributed by atoms with Gasteiger partial charge in [-0.1, -0.05) is 0 Å². The maximum absolute atomic E-state index is 13.2. The van der Waals surface area contributed by atoms with Gasteiger partial charge in [0, 0.05) is 54.4 Å². The average Bonchev–Trinajstić information content (AvgIpc) is 3.83. The minimum absolute atomic E-state index is 0.209. The summed E-state index contributed by atoms with van der Waals surface area (Å²) in [6.45, 7) is 3.55. The Bertz CT molecular complexity index is 2130. The number of nitrogens with one attached hydrogen (secondary N) is 2. The molecule has 48 heavy (non-hydrogen) atoms. The van der Waals surface area contributed by atoms with Crippen molar-refractivity contribution in [2.45, 2.75) is 69.4 Å². The van der Waals surface area contributed by atoms with Crippen molar-refractivity contribution in [1.29, 1.82) is 0 Å². The van der Waals surface area contributed by atoms with E-state index in [9.17, 15) is 30.3 Å². The first-order chi connectivity index (χ1) is 22.9. The number of aromatic nitrogens is 4. The van der Waals surface area contributed by atoms with Crippen molar-refractivity contribution in [2.24, 2.45) is 0 Å². The molecule has 5 aromatic heterocycles. The highest BCUT2D eigenvalue weighted by molar-refractivity contribution is 5.91. The van der Waals surface area contributed by atoms with Crippen molar-refractivity contribution in [2.75, 3.05) is 13.2 Å². The number of nitrogens with zero attached hydrogens (tertiary/aromatic N) is 2. The standard InChI is InChI=1S/C34H38N4O10/c1-18-10-25(40)21-11-20-12-28(33(2,3)47-30(20)29(31(21)46-18)38-13-19-4-7-36-23(19)14-38)48-45-16-27(42)34(44,32(43)26(41)15-39)17-37-9-6-22-24(37)5-8-35-22/h4-11,13-14,26-28,32,35-36,39,41-44H,12,15-17H2,1-3H3.